The molecule has 14 heavy (non-hydrogen) atoms. The highest BCUT2D eigenvalue weighted by Crippen LogP contribution is 2.01. The molecule has 0 radical (unpaired) electrons. The Morgan fingerprint density at radius 3 is 2.07 bits per heavy atom. The summed E-state index contributed by atoms with van der Waals surface area (Å²) in [4.78, 5) is 9.26. The van der Waals surface area contributed by atoms with Gasteiger partial charge in [0.05, 0.1) is 20.6 Å². The van der Waals surface area contributed by atoms with Gasteiger partial charge in [0, 0.05) is 12.9 Å². The monoisotopic (exact) mass is 203 g/mol. The lowest BCUT2D eigenvalue weighted by atomic mass is 10.4. The predicted molar refractivity (Wildman–Crippen MR) is 54.2 cm³/mol. The van der Waals surface area contributed by atoms with Crippen molar-refractivity contribution in [1.82, 2.24) is 0 Å². The highest BCUT2D eigenvalue weighted by atomic mass is 16.4. The Hall–Kier alpha value is -0.870. The zero-order valence-corrected chi connectivity index (χ0v) is 9.49. The van der Waals surface area contributed by atoms with Crippen molar-refractivity contribution in [2.24, 2.45) is 0 Å². The number of hydrogen-bond acceptors (Lipinski definition) is 3. The van der Waals surface area contributed by atoms with Crippen LogP contribution in [0.3, 0.4) is 0 Å². The van der Waals surface area contributed by atoms with E-state index in [1.54, 1.807) is 6.92 Å². The van der Waals surface area contributed by atoms with E-state index in [9.17, 15) is 9.90 Å². The Morgan fingerprint density at radius 1 is 1.64 bits per heavy atom. The summed E-state index contributed by atoms with van der Waals surface area (Å²) in [5, 5.41) is 18.4. The predicted octanol–water partition coefficient (Wildman–Crippen LogP) is -0.267. The molecule has 0 spiro atoms. The minimum Gasteiger partial charge on any atom is -0.550 e. The van der Waals surface area contributed by atoms with Crippen molar-refractivity contribution in [1.29, 1.82) is 0 Å². The Morgan fingerprint density at radius 2 is 2.00 bits per heavy atom. The van der Waals surface area contributed by atoms with Gasteiger partial charge < -0.3 is 19.5 Å². The first-order valence-electron chi connectivity index (χ1n) is 4.59. The lowest BCUT2D eigenvalue weighted by Crippen LogP contribution is -2.47. The number of carbonyl (C=O) groups is 1. The van der Waals surface area contributed by atoms with E-state index < -0.39 is 5.97 Å². The van der Waals surface area contributed by atoms with Crippen molar-refractivity contribution in [3.8, 4) is 0 Å². The molecule has 0 saturated heterocycles. The highest BCUT2D eigenvalue weighted by Gasteiger charge is 2.18. The van der Waals surface area contributed by atoms with Gasteiger partial charge in [-0.15, -0.1) is 0 Å². The number of carbonyl (C=O) groups excluding carboxylic acids is 1. The number of quaternary nitrogens is 1. The zero-order chi connectivity index (χ0) is 11.8. The first-order valence-corrected chi connectivity index (χ1v) is 4.59. The molecule has 84 valence electrons. The third kappa shape index (κ3) is 9.22. The van der Waals surface area contributed by atoms with Gasteiger partial charge in [0.2, 0.25) is 0 Å². The minimum atomic E-state index is -0.995. The molecule has 1 unspecified atom stereocenters. The van der Waals surface area contributed by atoms with Crippen molar-refractivity contribution >= 4 is 5.97 Å². The summed E-state index contributed by atoms with van der Waals surface area (Å²) in [6, 6.07) is 0. The van der Waals surface area contributed by atoms with Crippen LogP contribution in [0.4, 0.5) is 0 Å². The van der Waals surface area contributed by atoms with E-state index in [0.717, 1.165) is 6.54 Å². The number of hydrogen-bond donors (Lipinski definition) is 1. The quantitative estimate of drug-likeness (QED) is 0.389. The lowest BCUT2D eigenvalue weighted by molar-refractivity contribution is -0.929. The van der Waals surface area contributed by atoms with Gasteiger partial charge in [-0.25, -0.2) is 0 Å². The van der Waals surface area contributed by atoms with Crippen LogP contribution in [0, 0.1) is 0 Å². The van der Waals surface area contributed by atoms with Crippen molar-refractivity contribution in [2.75, 3.05) is 20.6 Å². The van der Waals surface area contributed by atoms with Crippen molar-refractivity contribution in [3.05, 3.63) is 12.7 Å². The molecule has 0 aliphatic heterocycles. The van der Waals surface area contributed by atoms with Crippen LogP contribution in [0.5, 0.6) is 0 Å². The Kier molecular flexibility index (Phi) is 8.38. The van der Waals surface area contributed by atoms with E-state index in [0.29, 0.717) is 4.48 Å². The maximum atomic E-state index is 9.26. The van der Waals surface area contributed by atoms with Gasteiger partial charge in [0.15, 0.2) is 6.23 Å². The van der Waals surface area contributed by atoms with Gasteiger partial charge in [-0.2, -0.15) is 0 Å². The molecule has 0 aliphatic carbocycles. The van der Waals surface area contributed by atoms with Crippen LogP contribution in [-0.2, 0) is 4.79 Å². The van der Waals surface area contributed by atoms with Crippen LogP contribution >= 0.6 is 0 Å². The minimum absolute atomic E-state index is 0.111. The second kappa shape index (κ2) is 7.53. The average Bonchev–Trinajstić information content (AvgIpc) is 2.05. The first-order chi connectivity index (χ1) is 6.27. The number of aliphatic hydroxyl groups is 1. The summed E-state index contributed by atoms with van der Waals surface area (Å²) in [6.45, 7) is 7.72. The van der Waals surface area contributed by atoms with E-state index >= 15 is 0 Å². The van der Waals surface area contributed by atoms with Crippen LogP contribution in [-0.4, -0.2) is 42.4 Å². The van der Waals surface area contributed by atoms with Gasteiger partial charge in [-0.3, -0.25) is 0 Å². The van der Waals surface area contributed by atoms with Gasteiger partial charge in [0.25, 0.3) is 0 Å². The molecule has 4 heteroatoms. The summed E-state index contributed by atoms with van der Waals surface area (Å²) in [7, 11) is 3.93. The Bertz CT molecular complexity index is 176. The SMILES string of the molecule is C=CC[N+](C)(C)C(C)O.CCC(=O)[O-]. The van der Waals surface area contributed by atoms with E-state index in [1.165, 1.54) is 6.92 Å². The number of likely N-dealkylation sites (N-methyl/N-ethyl adjacent to an activating group) is 1. The molecule has 4 nitrogen and oxygen atoms in total. The molecular weight excluding hydrogens is 182 g/mol. The normalized spacial score (nSPS) is 12.4. The molecule has 0 aliphatic rings. The molecule has 0 aromatic heterocycles. The van der Waals surface area contributed by atoms with E-state index in [4.69, 9.17) is 5.11 Å². The number of aliphatic carboxylic acids is 1. The number of carboxylic acids is 1. The third-order valence-electron chi connectivity index (χ3n) is 1.90. The summed E-state index contributed by atoms with van der Waals surface area (Å²) >= 11 is 0. The van der Waals surface area contributed by atoms with Gasteiger partial charge >= 0.3 is 0 Å². The molecule has 0 rings (SSSR count). The fraction of sp³-hybridized carbons (Fsp3) is 0.700. The first kappa shape index (κ1) is 15.6. The van der Waals surface area contributed by atoms with Crippen LogP contribution in [0.15, 0.2) is 12.7 Å². The average molecular weight is 203 g/mol. The van der Waals surface area contributed by atoms with E-state index in [-0.39, 0.29) is 12.6 Å². The molecular formula is C10H21NO3. The third-order valence-corrected chi connectivity index (χ3v) is 1.90. The van der Waals surface area contributed by atoms with Crippen LogP contribution in [0.25, 0.3) is 0 Å². The molecule has 0 aromatic rings. The summed E-state index contributed by atoms with van der Waals surface area (Å²) in [5.74, 6) is -0.995. The summed E-state index contributed by atoms with van der Waals surface area (Å²) in [5.41, 5.74) is 0. The van der Waals surface area contributed by atoms with Gasteiger partial charge in [0.1, 0.15) is 0 Å². The van der Waals surface area contributed by atoms with E-state index in [2.05, 4.69) is 6.58 Å². The molecule has 1 atom stereocenters. The molecule has 0 amide bonds. The number of carboxylic acid groups (broad SMARTS) is 1. The second-order valence-electron chi connectivity index (χ2n) is 3.61. The Balaban J connectivity index is 0. The number of nitrogens with zero attached hydrogens (tertiary/aromatic N) is 1. The topological polar surface area (TPSA) is 60.4 Å². The van der Waals surface area contributed by atoms with Crippen molar-refractivity contribution in [2.45, 2.75) is 26.5 Å². The molecule has 1 N–H and O–H groups in total. The molecule has 0 fully saturated rings. The fourth-order valence-electron chi connectivity index (χ4n) is 0.485. The number of aliphatic hydroxyl groups excluding tert-OH is 1. The zero-order valence-electron chi connectivity index (χ0n) is 9.49. The smallest absolute Gasteiger partial charge is 0.187 e. The maximum absolute atomic E-state index is 9.26. The second-order valence-corrected chi connectivity index (χ2v) is 3.61. The molecule has 0 aromatic carbocycles. The Labute approximate surface area is 86.1 Å². The van der Waals surface area contributed by atoms with Crippen molar-refractivity contribution in [3.63, 3.8) is 0 Å². The number of rotatable bonds is 4. The largest absolute Gasteiger partial charge is 0.550 e. The van der Waals surface area contributed by atoms with Gasteiger partial charge in [-0.1, -0.05) is 13.5 Å². The molecule has 0 heterocycles. The fourth-order valence-corrected chi connectivity index (χ4v) is 0.485. The lowest BCUT2D eigenvalue weighted by Gasteiger charge is -2.31. The van der Waals surface area contributed by atoms with Crippen LogP contribution in [0.2, 0.25) is 0 Å². The standard InChI is InChI=1S/C7H16NO.C3H6O2/c1-5-6-8(3,4)7(2)9;1-2-3(4)5/h5,7,9H,1,6H2,2-4H3;2H2,1H3,(H,4,5)/q+1;/p-1. The molecule has 0 bridgehead atoms. The summed E-state index contributed by atoms with van der Waals surface area (Å²) in [6.07, 6.45) is 1.61. The highest BCUT2D eigenvalue weighted by molar-refractivity contribution is 5.63. The maximum Gasteiger partial charge on any atom is 0.187 e. The molecule has 0 saturated carbocycles. The summed E-state index contributed by atoms with van der Waals surface area (Å²) < 4.78 is 0.587. The van der Waals surface area contributed by atoms with Gasteiger partial charge in [-0.05, 0) is 12.5 Å². The van der Waals surface area contributed by atoms with Crippen LogP contribution < -0.4 is 5.11 Å². The van der Waals surface area contributed by atoms with E-state index in [1.807, 2.05) is 20.2 Å². The van der Waals surface area contributed by atoms with Crippen LogP contribution in [0.1, 0.15) is 20.3 Å². The van der Waals surface area contributed by atoms with Crippen molar-refractivity contribution < 1.29 is 19.5 Å².